The van der Waals surface area contributed by atoms with Crippen molar-refractivity contribution in [2.24, 2.45) is 0 Å². The summed E-state index contributed by atoms with van der Waals surface area (Å²) in [6.45, 7) is -0.286. The summed E-state index contributed by atoms with van der Waals surface area (Å²) >= 11 is 0. The van der Waals surface area contributed by atoms with Crippen molar-refractivity contribution in [2.45, 2.75) is 17.5 Å². The Bertz CT molecular complexity index is 1040. The highest BCUT2D eigenvalue weighted by Crippen LogP contribution is 2.36. The molecule has 7 nitrogen and oxygen atoms in total. The lowest BCUT2D eigenvalue weighted by Gasteiger charge is -2.16. The number of carboxylic acids is 1. The Morgan fingerprint density at radius 3 is 2.34 bits per heavy atom. The molecule has 2 aromatic carbocycles. The Morgan fingerprint density at radius 1 is 1.07 bits per heavy atom. The van der Waals surface area contributed by atoms with E-state index in [1.54, 1.807) is 4.72 Å². The van der Waals surface area contributed by atoms with Crippen molar-refractivity contribution in [3.8, 4) is 0 Å². The first-order valence-corrected chi connectivity index (χ1v) is 9.39. The molecule has 0 bridgehead atoms. The summed E-state index contributed by atoms with van der Waals surface area (Å²) in [6.07, 6.45) is -5.45. The van der Waals surface area contributed by atoms with Gasteiger partial charge in [0.15, 0.2) is 0 Å². The van der Waals surface area contributed by atoms with E-state index in [1.807, 2.05) is 0 Å². The fourth-order valence-corrected chi connectivity index (χ4v) is 3.59. The zero-order valence-corrected chi connectivity index (χ0v) is 15.3. The molecule has 0 heterocycles. The molecule has 0 aliphatic rings. The molecule has 156 valence electrons. The van der Waals surface area contributed by atoms with Gasteiger partial charge in [-0.15, -0.1) is 0 Å². The summed E-state index contributed by atoms with van der Waals surface area (Å²) in [7, 11) is -4.68. The van der Waals surface area contributed by atoms with Crippen LogP contribution in [-0.4, -0.2) is 31.9 Å². The number of carboxylic acid groups (broad SMARTS) is 1. The minimum absolute atomic E-state index is 0.141. The van der Waals surface area contributed by atoms with Crippen LogP contribution in [0, 0.1) is 5.82 Å². The summed E-state index contributed by atoms with van der Waals surface area (Å²) in [6, 6.07) is 6.08. The van der Waals surface area contributed by atoms with Crippen LogP contribution in [0.4, 0.5) is 23.2 Å². The van der Waals surface area contributed by atoms with Crippen LogP contribution in [0.3, 0.4) is 0 Å². The van der Waals surface area contributed by atoms with E-state index in [1.165, 1.54) is 12.1 Å². The van der Waals surface area contributed by atoms with Crippen molar-refractivity contribution in [1.82, 2.24) is 5.32 Å². The van der Waals surface area contributed by atoms with Crippen molar-refractivity contribution in [1.29, 1.82) is 0 Å². The predicted molar refractivity (Wildman–Crippen MR) is 93.2 cm³/mol. The largest absolute Gasteiger partial charge is 0.481 e. The smallest absolute Gasteiger partial charge is 0.418 e. The fraction of sp³-hybridized carbons (Fsp3) is 0.176. The second-order valence-electron chi connectivity index (χ2n) is 5.69. The molecule has 0 spiro atoms. The van der Waals surface area contributed by atoms with Gasteiger partial charge in [0.05, 0.1) is 23.2 Å². The number of anilines is 1. The van der Waals surface area contributed by atoms with Crippen molar-refractivity contribution in [3.63, 3.8) is 0 Å². The van der Waals surface area contributed by atoms with E-state index in [0.717, 1.165) is 12.1 Å². The summed E-state index contributed by atoms with van der Waals surface area (Å²) in [5.41, 5.74) is -2.86. The molecule has 0 aromatic heterocycles. The Hall–Kier alpha value is -3.15. The SMILES string of the molecule is O=C(O)CCNC(=O)c1ccccc1S(=O)(=O)Nc1ccc(F)cc1C(F)(F)F. The molecule has 0 saturated heterocycles. The van der Waals surface area contributed by atoms with Crippen molar-refractivity contribution in [2.75, 3.05) is 11.3 Å². The van der Waals surface area contributed by atoms with Crippen molar-refractivity contribution in [3.05, 3.63) is 59.4 Å². The number of aliphatic carboxylic acids is 1. The molecule has 12 heteroatoms. The molecule has 0 aliphatic carbocycles. The molecule has 0 saturated carbocycles. The lowest BCUT2D eigenvalue weighted by atomic mass is 10.2. The van der Waals surface area contributed by atoms with Crippen LogP contribution in [0.15, 0.2) is 47.4 Å². The quantitative estimate of drug-likeness (QED) is 0.580. The number of hydrogen-bond donors (Lipinski definition) is 3. The van der Waals surface area contributed by atoms with Crippen LogP contribution in [0.5, 0.6) is 0 Å². The van der Waals surface area contributed by atoms with Crippen LogP contribution in [0.25, 0.3) is 0 Å². The first-order valence-electron chi connectivity index (χ1n) is 7.90. The summed E-state index contributed by atoms with van der Waals surface area (Å²) in [4.78, 5) is 22.1. The van der Waals surface area contributed by atoms with Gasteiger partial charge in [-0.05, 0) is 30.3 Å². The van der Waals surface area contributed by atoms with E-state index in [-0.39, 0.29) is 12.6 Å². The number of amides is 1. The number of benzene rings is 2. The van der Waals surface area contributed by atoms with E-state index in [4.69, 9.17) is 5.11 Å². The Labute approximate surface area is 162 Å². The minimum Gasteiger partial charge on any atom is -0.481 e. The molecule has 3 N–H and O–H groups in total. The summed E-state index contributed by atoms with van der Waals surface area (Å²) < 4.78 is 79.5. The van der Waals surface area contributed by atoms with Crippen LogP contribution in [0.2, 0.25) is 0 Å². The molecule has 0 radical (unpaired) electrons. The molecule has 0 aliphatic heterocycles. The highest BCUT2D eigenvalue weighted by molar-refractivity contribution is 7.92. The third kappa shape index (κ3) is 5.67. The Morgan fingerprint density at radius 2 is 1.72 bits per heavy atom. The molecule has 2 aromatic rings. The first kappa shape index (κ1) is 22.1. The maximum Gasteiger partial charge on any atom is 0.418 e. The van der Waals surface area contributed by atoms with Gasteiger partial charge in [0, 0.05) is 6.54 Å². The number of nitrogens with one attached hydrogen (secondary N) is 2. The van der Waals surface area contributed by atoms with Crippen molar-refractivity contribution < 1.29 is 40.7 Å². The van der Waals surface area contributed by atoms with E-state index >= 15 is 0 Å². The van der Waals surface area contributed by atoms with Crippen LogP contribution >= 0.6 is 0 Å². The van der Waals surface area contributed by atoms with Crippen molar-refractivity contribution >= 4 is 27.6 Å². The average Bonchev–Trinajstić information content (AvgIpc) is 2.62. The molecule has 1 amide bonds. The molecular weight excluding hydrogens is 420 g/mol. The second-order valence-corrected chi connectivity index (χ2v) is 7.34. The Balaban J connectivity index is 2.39. The van der Waals surface area contributed by atoms with E-state index in [9.17, 15) is 35.6 Å². The zero-order valence-electron chi connectivity index (χ0n) is 14.5. The summed E-state index contributed by atoms with van der Waals surface area (Å²) in [5.74, 6) is -3.33. The minimum atomic E-state index is -5.03. The third-order valence-electron chi connectivity index (χ3n) is 3.58. The number of rotatable bonds is 7. The van der Waals surface area contributed by atoms with Gasteiger partial charge in [-0.25, -0.2) is 12.8 Å². The first-order chi connectivity index (χ1) is 13.4. The standard InChI is InChI=1S/C17H14F4N2O5S/c18-10-5-6-13(12(9-10)17(19,20)21)23-29(27,28)14-4-2-1-3-11(14)16(26)22-8-7-15(24)25/h1-6,9,23H,7-8H2,(H,22,26)(H,24,25). The molecule has 0 unspecified atom stereocenters. The number of halogens is 4. The second kappa shape index (κ2) is 8.47. The maximum atomic E-state index is 13.2. The number of carbonyl (C=O) groups excluding carboxylic acids is 1. The molecular formula is C17H14F4N2O5S. The number of hydrogen-bond acceptors (Lipinski definition) is 4. The number of sulfonamides is 1. The van der Waals surface area contributed by atoms with Gasteiger partial charge in [-0.3, -0.25) is 14.3 Å². The molecule has 0 fully saturated rings. The molecule has 0 atom stereocenters. The topological polar surface area (TPSA) is 113 Å². The monoisotopic (exact) mass is 434 g/mol. The van der Waals surface area contributed by atoms with Gasteiger partial charge >= 0.3 is 12.1 Å². The zero-order chi connectivity index (χ0) is 21.8. The lowest BCUT2D eigenvalue weighted by Crippen LogP contribution is -2.28. The van der Waals surface area contributed by atoms with E-state index < -0.39 is 62.0 Å². The van der Waals surface area contributed by atoms with E-state index in [0.29, 0.717) is 12.1 Å². The normalized spacial score (nSPS) is 11.7. The van der Waals surface area contributed by atoms with Gasteiger partial charge in [-0.1, -0.05) is 12.1 Å². The highest BCUT2D eigenvalue weighted by Gasteiger charge is 2.35. The van der Waals surface area contributed by atoms with Crippen LogP contribution in [-0.2, 0) is 21.0 Å². The average molecular weight is 434 g/mol. The predicted octanol–water partition coefficient (Wildman–Crippen LogP) is 2.85. The van der Waals surface area contributed by atoms with Crippen LogP contribution in [0.1, 0.15) is 22.3 Å². The van der Waals surface area contributed by atoms with Gasteiger partial charge < -0.3 is 10.4 Å². The van der Waals surface area contributed by atoms with Gasteiger partial charge in [0.2, 0.25) is 0 Å². The number of alkyl halides is 3. The number of carbonyl (C=O) groups is 2. The molecule has 29 heavy (non-hydrogen) atoms. The fourth-order valence-electron chi connectivity index (χ4n) is 2.31. The third-order valence-corrected chi connectivity index (χ3v) is 5.00. The van der Waals surface area contributed by atoms with Gasteiger partial charge in [0.1, 0.15) is 10.7 Å². The Kier molecular flexibility index (Phi) is 6.47. The maximum absolute atomic E-state index is 13.2. The van der Waals surface area contributed by atoms with Gasteiger partial charge in [0.25, 0.3) is 15.9 Å². The van der Waals surface area contributed by atoms with Gasteiger partial charge in [-0.2, -0.15) is 13.2 Å². The molecule has 2 rings (SSSR count). The summed E-state index contributed by atoms with van der Waals surface area (Å²) in [5, 5.41) is 10.8. The lowest BCUT2D eigenvalue weighted by molar-refractivity contribution is -0.137. The highest BCUT2D eigenvalue weighted by atomic mass is 32.2. The van der Waals surface area contributed by atoms with Crippen LogP contribution < -0.4 is 10.0 Å². The van der Waals surface area contributed by atoms with E-state index in [2.05, 4.69) is 5.32 Å².